The summed E-state index contributed by atoms with van der Waals surface area (Å²) in [6.07, 6.45) is 3.48. The van der Waals surface area contributed by atoms with Crippen molar-refractivity contribution in [1.82, 2.24) is 0 Å². The van der Waals surface area contributed by atoms with E-state index in [-0.39, 0.29) is 0 Å². The molecular formula is C9H15NO. The van der Waals surface area contributed by atoms with Crippen molar-refractivity contribution < 1.29 is 4.74 Å². The molecule has 0 heterocycles. The molecule has 2 heteroatoms. The van der Waals surface area contributed by atoms with Gasteiger partial charge in [0.1, 0.15) is 0 Å². The van der Waals surface area contributed by atoms with Crippen LogP contribution in [0.2, 0.25) is 0 Å². The predicted molar refractivity (Wildman–Crippen MR) is 49.2 cm³/mol. The molecule has 0 aromatic rings. The molecule has 0 aliphatic carbocycles. The van der Waals surface area contributed by atoms with E-state index in [0.29, 0.717) is 19.8 Å². The summed E-state index contributed by atoms with van der Waals surface area (Å²) in [5.41, 5.74) is 0.992. The third-order valence-electron chi connectivity index (χ3n) is 1.04. The van der Waals surface area contributed by atoms with E-state index in [1.165, 1.54) is 0 Å². The third-order valence-corrected chi connectivity index (χ3v) is 1.04. The van der Waals surface area contributed by atoms with Gasteiger partial charge in [0.05, 0.1) is 19.8 Å². The number of ether oxygens (including phenoxy) is 1. The molecule has 0 aliphatic heterocycles. The first-order chi connectivity index (χ1) is 5.31. The Hall–Kier alpha value is -0.890. The third kappa shape index (κ3) is 7.00. The minimum absolute atomic E-state index is 0.583. The average Bonchev–Trinajstić information content (AvgIpc) is 2.01. The zero-order chi connectivity index (χ0) is 8.53. The van der Waals surface area contributed by atoms with Crippen molar-refractivity contribution in [2.24, 2.45) is 4.99 Å². The Morgan fingerprint density at radius 3 is 2.73 bits per heavy atom. The Kier molecular flexibility index (Phi) is 6.64. The van der Waals surface area contributed by atoms with Crippen LogP contribution in [-0.4, -0.2) is 25.5 Å². The predicted octanol–water partition coefficient (Wildman–Crippen LogP) is 1.84. The van der Waals surface area contributed by atoms with Crippen molar-refractivity contribution in [2.75, 3.05) is 19.8 Å². The largest absolute Gasteiger partial charge is 0.372 e. The van der Waals surface area contributed by atoms with Crippen LogP contribution in [-0.2, 0) is 4.74 Å². The first-order valence-electron chi connectivity index (χ1n) is 3.60. The quantitative estimate of drug-likeness (QED) is 0.324. The van der Waals surface area contributed by atoms with Gasteiger partial charge < -0.3 is 4.74 Å². The van der Waals surface area contributed by atoms with Crippen LogP contribution in [0.25, 0.3) is 0 Å². The van der Waals surface area contributed by atoms with E-state index >= 15 is 0 Å². The van der Waals surface area contributed by atoms with Gasteiger partial charge >= 0.3 is 0 Å². The highest BCUT2D eigenvalue weighted by Gasteiger charge is 1.87. The SMILES string of the molecule is C=CCN=C(C)COCC=C. The summed E-state index contributed by atoms with van der Waals surface area (Å²) in [6.45, 7) is 10.9. The lowest BCUT2D eigenvalue weighted by Gasteiger charge is -1.99. The van der Waals surface area contributed by atoms with Crippen LogP contribution in [0.15, 0.2) is 30.3 Å². The van der Waals surface area contributed by atoms with E-state index in [1.807, 2.05) is 6.92 Å². The van der Waals surface area contributed by atoms with E-state index in [0.717, 1.165) is 5.71 Å². The highest BCUT2D eigenvalue weighted by molar-refractivity contribution is 5.83. The number of aliphatic imine (C=N–C) groups is 1. The molecule has 0 unspecified atom stereocenters. The molecule has 0 amide bonds. The van der Waals surface area contributed by atoms with Crippen LogP contribution in [0.4, 0.5) is 0 Å². The van der Waals surface area contributed by atoms with Gasteiger partial charge in [-0.15, -0.1) is 13.2 Å². The van der Waals surface area contributed by atoms with E-state index < -0.39 is 0 Å². The molecule has 62 valence electrons. The molecular weight excluding hydrogens is 138 g/mol. The van der Waals surface area contributed by atoms with Crippen LogP contribution < -0.4 is 0 Å². The van der Waals surface area contributed by atoms with Crippen molar-refractivity contribution in [3.63, 3.8) is 0 Å². The summed E-state index contributed by atoms with van der Waals surface area (Å²) in [7, 11) is 0. The Bertz CT molecular complexity index is 150. The minimum Gasteiger partial charge on any atom is -0.372 e. The fraction of sp³-hybridized carbons (Fsp3) is 0.444. The standard InChI is InChI=1S/C9H15NO/c1-4-6-10-9(3)8-11-7-5-2/h4-5H,1-2,6-8H2,3H3. The maximum absolute atomic E-state index is 5.16. The molecule has 0 fully saturated rings. The zero-order valence-electron chi connectivity index (χ0n) is 7.05. The first-order valence-corrected chi connectivity index (χ1v) is 3.60. The molecule has 0 aromatic heterocycles. The van der Waals surface area contributed by atoms with Gasteiger partial charge in [-0.2, -0.15) is 0 Å². The van der Waals surface area contributed by atoms with Gasteiger partial charge in [-0.1, -0.05) is 12.2 Å². The Labute approximate surface area is 68.3 Å². The molecule has 0 saturated carbocycles. The summed E-state index contributed by atoms with van der Waals surface area (Å²) in [5.74, 6) is 0. The number of hydrogen-bond acceptors (Lipinski definition) is 2. The Morgan fingerprint density at radius 2 is 2.18 bits per heavy atom. The zero-order valence-corrected chi connectivity index (χ0v) is 7.05. The van der Waals surface area contributed by atoms with Gasteiger partial charge in [-0.25, -0.2) is 0 Å². The van der Waals surface area contributed by atoms with Crippen molar-refractivity contribution >= 4 is 5.71 Å². The van der Waals surface area contributed by atoms with Crippen molar-refractivity contribution in [1.29, 1.82) is 0 Å². The highest BCUT2D eigenvalue weighted by Crippen LogP contribution is 1.82. The highest BCUT2D eigenvalue weighted by atomic mass is 16.5. The molecule has 0 atom stereocenters. The number of nitrogens with zero attached hydrogens (tertiary/aromatic N) is 1. The topological polar surface area (TPSA) is 21.6 Å². The molecule has 0 rings (SSSR count). The molecule has 0 bridgehead atoms. The van der Waals surface area contributed by atoms with Crippen LogP contribution in [0.3, 0.4) is 0 Å². The Balaban J connectivity index is 3.41. The molecule has 0 spiro atoms. The number of hydrogen-bond donors (Lipinski definition) is 0. The minimum atomic E-state index is 0.583. The monoisotopic (exact) mass is 153 g/mol. The van der Waals surface area contributed by atoms with Crippen LogP contribution in [0, 0.1) is 0 Å². The molecule has 11 heavy (non-hydrogen) atoms. The normalized spacial score (nSPS) is 11.2. The van der Waals surface area contributed by atoms with Crippen LogP contribution in [0.5, 0.6) is 0 Å². The van der Waals surface area contributed by atoms with Gasteiger partial charge in [-0.3, -0.25) is 4.99 Å². The summed E-state index contributed by atoms with van der Waals surface area (Å²) < 4.78 is 5.16. The molecule has 0 N–H and O–H groups in total. The summed E-state index contributed by atoms with van der Waals surface area (Å²) in [6, 6.07) is 0. The molecule has 0 aliphatic rings. The van der Waals surface area contributed by atoms with Gasteiger partial charge in [0.25, 0.3) is 0 Å². The maximum atomic E-state index is 5.16. The molecule has 0 saturated heterocycles. The van der Waals surface area contributed by atoms with E-state index in [2.05, 4.69) is 18.2 Å². The maximum Gasteiger partial charge on any atom is 0.0845 e. The lowest BCUT2D eigenvalue weighted by atomic mass is 10.4. The summed E-state index contributed by atoms with van der Waals surface area (Å²) in [5, 5.41) is 0. The average molecular weight is 153 g/mol. The lowest BCUT2D eigenvalue weighted by molar-refractivity contribution is 0.204. The van der Waals surface area contributed by atoms with Crippen molar-refractivity contribution in [3.05, 3.63) is 25.3 Å². The van der Waals surface area contributed by atoms with E-state index in [4.69, 9.17) is 4.74 Å². The van der Waals surface area contributed by atoms with Crippen LogP contribution >= 0.6 is 0 Å². The van der Waals surface area contributed by atoms with Crippen molar-refractivity contribution in [2.45, 2.75) is 6.92 Å². The van der Waals surface area contributed by atoms with E-state index in [1.54, 1.807) is 12.2 Å². The Morgan fingerprint density at radius 1 is 1.45 bits per heavy atom. The van der Waals surface area contributed by atoms with Gasteiger partial charge in [0.2, 0.25) is 0 Å². The lowest BCUT2D eigenvalue weighted by Crippen LogP contribution is -2.04. The second kappa shape index (κ2) is 7.22. The second-order valence-corrected chi connectivity index (χ2v) is 2.17. The summed E-state index contributed by atoms with van der Waals surface area (Å²) >= 11 is 0. The second-order valence-electron chi connectivity index (χ2n) is 2.17. The van der Waals surface area contributed by atoms with Crippen LogP contribution in [0.1, 0.15) is 6.92 Å². The first kappa shape index (κ1) is 10.1. The number of rotatable bonds is 6. The van der Waals surface area contributed by atoms with E-state index in [9.17, 15) is 0 Å². The summed E-state index contributed by atoms with van der Waals surface area (Å²) in [4.78, 5) is 4.15. The van der Waals surface area contributed by atoms with Gasteiger partial charge in [0.15, 0.2) is 0 Å². The fourth-order valence-electron chi connectivity index (χ4n) is 0.556. The molecule has 0 radical (unpaired) electrons. The fourth-order valence-corrected chi connectivity index (χ4v) is 0.556. The van der Waals surface area contributed by atoms with Gasteiger partial charge in [0, 0.05) is 5.71 Å². The van der Waals surface area contributed by atoms with Gasteiger partial charge in [-0.05, 0) is 6.92 Å². The smallest absolute Gasteiger partial charge is 0.0845 e. The van der Waals surface area contributed by atoms with Crippen molar-refractivity contribution in [3.8, 4) is 0 Å². The molecule has 0 aromatic carbocycles. The molecule has 2 nitrogen and oxygen atoms in total.